The van der Waals surface area contributed by atoms with Gasteiger partial charge in [-0.25, -0.2) is 0 Å². The lowest BCUT2D eigenvalue weighted by atomic mass is 9.97. The summed E-state index contributed by atoms with van der Waals surface area (Å²) in [6, 6.07) is 19.1. The molecule has 0 saturated carbocycles. The number of hydrogen-bond donors (Lipinski definition) is 0. The van der Waals surface area contributed by atoms with E-state index in [4.69, 9.17) is 13.9 Å². The monoisotopic (exact) mass is 505 g/mol. The van der Waals surface area contributed by atoms with Gasteiger partial charge in [0.15, 0.2) is 16.9 Å². The zero-order chi connectivity index (χ0) is 23.1. The number of rotatable bonds is 5. The number of carbonyl (C=O) groups excluding carboxylic acids is 1. The molecule has 166 valence electrons. The summed E-state index contributed by atoms with van der Waals surface area (Å²) in [6.45, 7) is 2.38. The van der Waals surface area contributed by atoms with Crippen LogP contribution in [0, 0.1) is 0 Å². The summed E-state index contributed by atoms with van der Waals surface area (Å²) in [4.78, 5) is 28.8. The maximum Gasteiger partial charge on any atom is 0.295 e. The largest absolute Gasteiger partial charge is 0.493 e. The van der Waals surface area contributed by atoms with Crippen LogP contribution in [0.1, 0.15) is 34.6 Å². The molecular weight excluding hydrogens is 486 g/mol. The number of para-hydroxylation sites is 1. The van der Waals surface area contributed by atoms with Crippen LogP contribution in [0.2, 0.25) is 0 Å². The average Bonchev–Trinajstić information content (AvgIpc) is 3.13. The topological polar surface area (TPSA) is 69.0 Å². The first-order valence-electron chi connectivity index (χ1n) is 10.5. The van der Waals surface area contributed by atoms with Crippen molar-refractivity contribution in [2.75, 3.05) is 18.6 Å². The third-order valence-electron chi connectivity index (χ3n) is 5.69. The first kappa shape index (κ1) is 21.3. The van der Waals surface area contributed by atoms with Crippen LogP contribution in [0.3, 0.4) is 0 Å². The van der Waals surface area contributed by atoms with Crippen LogP contribution in [0.25, 0.3) is 11.0 Å². The van der Waals surface area contributed by atoms with Crippen LogP contribution >= 0.6 is 15.9 Å². The van der Waals surface area contributed by atoms with Crippen molar-refractivity contribution in [1.29, 1.82) is 0 Å². The van der Waals surface area contributed by atoms with Crippen molar-refractivity contribution in [1.82, 2.24) is 0 Å². The number of hydrogen-bond acceptors (Lipinski definition) is 5. The van der Waals surface area contributed by atoms with Crippen molar-refractivity contribution in [3.05, 3.63) is 98.3 Å². The number of amides is 1. The van der Waals surface area contributed by atoms with Crippen LogP contribution in [0.4, 0.5) is 5.69 Å². The lowest BCUT2D eigenvalue weighted by Crippen LogP contribution is -2.29. The van der Waals surface area contributed by atoms with Gasteiger partial charge < -0.3 is 13.9 Å². The highest BCUT2D eigenvalue weighted by atomic mass is 79.9. The fourth-order valence-corrected chi connectivity index (χ4v) is 4.50. The zero-order valence-corrected chi connectivity index (χ0v) is 19.6. The van der Waals surface area contributed by atoms with E-state index < -0.39 is 6.04 Å². The number of halogens is 1. The summed E-state index contributed by atoms with van der Waals surface area (Å²) >= 11 is 3.44. The van der Waals surface area contributed by atoms with Gasteiger partial charge in [-0.15, -0.1) is 0 Å². The van der Waals surface area contributed by atoms with Crippen molar-refractivity contribution in [2.45, 2.75) is 13.0 Å². The summed E-state index contributed by atoms with van der Waals surface area (Å²) < 4.78 is 18.1. The Morgan fingerprint density at radius 1 is 1.00 bits per heavy atom. The molecule has 1 unspecified atom stereocenters. The maximum absolute atomic E-state index is 13.6. The minimum Gasteiger partial charge on any atom is -0.493 e. The third-order valence-corrected chi connectivity index (χ3v) is 6.21. The van der Waals surface area contributed by atoms with Crippen LogP contribution in [-0.2, 0) is 0 Å². The molecule has 0 bridgehead atoms. The van der Waals surface area contributed by atoms with E-state index in [9.17, 15) is 9.59 Å². The smallest absolute Gasteiger partial charge is 0.295 e. The second-order valence-electron chi connectivity index (χ2n) is 7.57. The van der Waals surface area contributed by atoms with Gasteiger partial charge >= 0.3 is 0 Å². The highest BCUT2D eigenvalue weighted by Gasteiger charge is 2.43. The molecule has 2 heterocycles. The number of anilines is 1. The predicted molar refractivity (Wildman–Crippen MR) is 129 cm³/mol. The molecule has 6 nitrogen and oxygen atoms in total. The number of ether oxygens (including phenoxy) is 2. The molecule has 4 aromatic rings. The molecule has 7 heteroatoms. The summed E-state index contributed by atoms with van der Waals surface area (Å²) in [5, 5.41) is 0.435. The van der Waals surface area contributed by atoms with Crippen LogP contribution in [0.5, 0.6) is 11.5 Å². The molecule has 1 amide bonds. The predicted octanol–water partition coefficient (Wildman–Crippen LogP) is 5.71. The Balaban J connectivity index is 1.77. The van der Waals surface area contributed by atoms with Gasteiger partial charge in [-0.1, -0.05) is 34.1 Å². The summed E-state index contributed by atoms with van der Waals surface area (Å²) in [5.41, 5.74) is 1.84. The average molecular weight is 506 g/mol. The maximum atomic E-state index is 13.6. The van der Waals surface area contributed by atoms with E-state index in [0.717, 1.165) is 4.47 Å². The van der Waals surface area contributed by atoms with E-state index in [1.807, 2.05) is 37.3 Å². The quantitative estimate of drug-likeness (QED) is 0.347. The molecule has 33 heavy (non-hydrogen) atoms. The number of carbonyl (C=O) groups is 1. The number of methoxy groups -OCH3 is 1. The Kier molecular flexibility index (Phi) is 5.42. The van der Waals surface area contributed by atoms with Crippen molar-refractivity contribution in [2.24, 2.45) is 0 Å². The van der Waals surface area contributed by atoms with Crippen molar-refractivity contribution < 1.29 is 18.7 Å². The molecule has 0 radical (unpaired) electrons. The van der Waals surface area contributed by atoms with Crippen LogP contribution in [-0.4, -0.2) is 19.6 Å². The Morgan fingerprint density at radius 3 is 2.48 bits per heavy atom. The number of nitrogens with zero attached hydrogens (tertiary/aromatic N) is 1. The van der Waals surface area contributed by atoms with Gasteiger partial charge in [-0.05, 0) is 61.0 Å². The van der Waals surface area contributed by atoms with E-state index in [1.54, 1.807) is 48.4 Å². The zero-order valence-electron chi connectivity index (χ0n) is 18.0. The molecule has 0 spiro atoms. The summed E-state index contributed by atoms with van der Waals surface area (Å²) in [7, 11) is 1.56. The standard InChI is InChI=1S/C26H20BrNO5/c1-3-32-20-13-8-15(14-21(20)31-2)23-22-24(29)18-6-4-5-7-19(18)33-25(22)26(30)28(23)17-11-9-16(27)10-12-17/h4-14,23H,3H2,1-2H3. The van der Waals surface area contributed by atoms with E-state index >= 15 is 0 Å². The van der Waals surface area contributed by atoms with Crippen LogP contribution in [0.15, 0.2) is 80.4 Å². The van der Waals surface area contributed by atoms with Gasteiger partial charge in [0, 0.05) is 10.2 Å². The van der Waals surface area contributed by atoms with E-state index in [1.165, 1.54) is 0 Å². The number of benzene rings is 3. The molecule has 0 fully saturated rings. The van der Waals surface area contributed by atoms with Gasteiger partial charge in [0.05, 0.1) is 30.7 Å². The van der Waals surface area contributed by atoms with Gasteiger partial charge in [-0.3, -0.25) is 14.5 Å². The lowest BCUT2D eigenvalue weighted by molar-refractivity contribution is 0.0971. The Labute approximate surface area is 198 Å². The molecule has 1 aromatic heterocycles. The molecular formula is C26H20BrNO5. The Hall–Kier alpha value is -3.58. The van der Waals surface area contributed by atoms with E-state index in [2.05, 4.69) is 15.9 Å². The minimum atomic E-state index is -0.681. The molecule has 3 aromatic carbocycles. The first-order valence-corrected chi connectivity index (χ1v) is 11.3. The number of fused-ring (bicyclic) bond motifs is 2. The fourth-order valence-electron chi connectivity index (χ4n) is 4.23. The van der Waals surface area contributed by atoms with Crippen LogP contribution < -0.4 is 19.8 Å². The third kappa shape index (κ3) is 3.49. The molecule has 0 saturated heterocycles. The summed E-state index contributed by atoms with van der Waals surface area (Å²) in [6.07, 6.45) is 0. The molecule has 1 aliphatic rings. The normalized spacial score (nSPS) is 15.1. The van der Waals surface area contributed by atoms with Crippen molar-refractivity contribution >= 4 is 38.5 Å². The van der Waals surface area contributed by atoms with Gasteiger partial charge in [0.2, 0.25) is 5.76 Å². The minimum absolute atomic E-state index is 0.0551. The van der Waals surface area contributed by atoms with Gasteiger partial charge in [0.25, 0.3) is 5.91 Å². The van der Waals surface area contributed by atoms with Gasteiger partial charge in [-0.2, -0.15) is 0 Å². The van der Waals surface area contributed by atoms with Gasteiger partial charge in [0.1, 0.15) is 5.58 Å². The molecule has 1 atom stereocenters. The molecule has 5 rings (SSSR count). The molecule has 0 aliphatic carbocycles. The highest BCUT2D eigenvalue weighted by Crippen LogP contribution is 2.43. The SMILES string of the molecule is CCOc1ccc(C2c3c(oc4ccccc4c3=O)C(=O)N2c2ccc(Br)cc2)cc1OC. The van der Waals surface area contributed by atoms with E-state index in [0.29, 0.717) is 45.9 Å². The molecule has 1 aliphatic heterocycles. The fraction of sp³-hybridized carbons (Fsp3) is 0.154. The first-order chi connectivity index (χ1) is 16.0. The molecule has 0 N–H and O–H groups in total. The summed E-state index contributed by atoms with van der Waals surface area (Å²) in [5.74, 6) is 0.803. The second-order valence-corrected chi connectivity index (χ2v) is 8.48. The van der Waals surface area contributed by atoms with Crippen molar-refractivity contribution in [3.63, 3.8) is 0 Å². The van der Waals surface area contributed by atoms with Crippen molar-refractivity contribution in [3.8, 4) is 11.5 Å². The Morgan fingerprint density at radius 2 is 1.76 bits per heavy atom. The lowest BCUT2D eigenvalue weighted by Gasteiger charge is -2.26. The Bertz CT molecular complexity index is 1430. The highest BCUT2D eigenvalue weighted by molar-refractivity contribution is 9.10. The van der Waals surface area contributed by atoms with E-state index in [-0.39, 0.29) is 17.1 Å². The second kappa shape index (κ2) is 8.41.